The van der Waals surface area contributed by atoms with Gasteiger partial charge in [0.15, 0.2) is 0 Å². The molecule has 1 aliphatic rings. The van der Waals surface area contributed by atoms with Crippen molar-refractivity contribution < 1.29 is 0 Å². The first-order chi connectivity index (χ1) is 6.68. The fourth-order valence-electron chi connectivity index (χ4n) is 2.20. The van der Waals surface area contributed by atoms with Crippen LogP contribution in [0.3, 0.4) is 0 Å². The predicted octanol–water partition coefficient (Wildman–Crippen LogP) is 1.25. The smallest absolute Gasteiger partial charge is 0.240 e. The molecule has 5 nitrogen and oxygen atoms in total. The van der Waals surface area contributed by atoms with Gasteiger partial charge >= 0.3 is 0 Å². The lowest BCUT2D eigenvalue weighted by molar-refractivity contribution is 0.200. The van der Waals surface area contributed by atoms with Crippen molar-refractivity contribution in [3.63, 3.8) is 0 Å². The minimum absolute atomic E-state index is 0.399. The van der Waals surface area contributed by atoms with E-state index in [-0.39, 0.29) is 0 Å². The molecule has 2 rings (SSSR count). The molecule has 1 aromatic heterocycles. The fraction of sp³-hybridized carbons (Fsp3) is 0.889. The summed E-state index contributed by atoms with van der Waals surface area (Å²) >= 11 is 0. The maximum atomic E-state index is 5.68. The van der Waals surface area contributed by atoms with Gasteiger partial charge in [-0.05, 0) is 41.5 Å². The fourth-order valence-corrected chi connectivity index (χ4v) is 2.20. The number of aromatic nitrogens is 4. The lowest BCUT2D eigenvalue weighted by atomic mass is 9.79. The Balaban J connectivity index is 2.10. The van der Waals surface area contributed by atoms with E-state index >= 15 is 0 Å². The van der Waals surface area contributed by atoms with Crippen molar-refractivity contribution in [2.45, 2.75) is 39.2 Å². The van der Waals surface area contributed by atoms with Crippen LogP contribution in [0.2, 0.25) is 0 Å². The number of nitrogen functional groups attached to an aromatic ring is 1. The third-order valence-corrected chi connectivity index (χ3v) is 3.43. The molecule has 78 valence electrons. The number of hydrogen-bond donors (Lipinski definition) is 1. The van der Waals surface area contributed by atoms with Crippen molar-refractivity contribution in [3.05, 3.63) is 0 Å². The van der Waals surface area contributed by atoms with E-state index in [9.17, 15) is 0 Å². The normalized spacial score (nSPS) is 33.1. The van der Waals surface area contributed by atoms with E-state index in [1.807, 2.05) is 0 Å². The summed E-state index contributed by atoms with van der Waals surface area (Å²) < 4.78 is 1.77. The summed E-state index contributed by atoms with van der Waals surface area (Å²) in [5.41, 5.74) is 5.68. The number of hydrogen-bond acceptors (Lipinski definition) is 4. The molecule has 14 heavy (non-hydrogen) atoms. The molecule has 1 saturated carbocycles. The van der Waals surface area contributed by atoms with Crippen molar-refractivity contribution in [2.24, 2.45) is 11.8 Å². The Labute approximate surface area is 83.7 Å². The Morgan fingerprint density at radius 1 is 1.29 bits per heavy atom. The van der Waals surface area contributed by atoms with Crippen LogP contribution in [0.25, 0.3) is 0 Å². The van der Waals surface area contributed by atoms with Crippen LogP contribution in [0.1, 0.15) is 39.2 Å². The maximum absolute atomic E-state index is 5.68. The van der Waals surface area contributed by atoms with Gasteiger partial charge in [-0.1, -0.05) is 18.9 Å². The monoisotopic (exact) mass is 195 g/mol. The van der Waals surface area contributed by atoms with Gasteiger partial charge in [0.2, 0.25) is 5.95 Å². The van der Waals surface area contributed by atoms with Crippen LogP contribution in [-0.4, -0.2) is 20.2 Å². The van der Waals surface area contributed by atoms with Gasteiger partial charge in [-0.25, -0.2) is 4.68 Å². The van der Waals surface area contributed by atoms with Gasteiger partial charge in [0.1, 0.15) is 0 Å². The third-order valence-electron chi connectivity index (χ3n) is 3.43. The van der Waals surface area contributed by atoms with Crippen LogP contribution >= 0.6 is 0 Å². The summed E-state index contributed by atoms with van der Waals surface area (Å²) in [5, 5.41) is 11.2. The second-order valence-corrected chi connectivity index (χ2v) is 4.40. The second-order valence-electron chi connectivity index (χ2n) is 4.40. The molecular weight excluding hydrogens is 178 g/mol. The molecular formula is C9H17N5. The number of rotatable bonds is 1. The molecule has 5 heteroatoms. The molecule has 0 amide bonds. The van der Waals surface area contributed by atoms with Crippen LogP contribution in [0.4, 0.5) is 5.95 Å². The molecule has 3 unspecified atom stereocenters. The van der Waals surface area contributed by atoms with E-state index in [0.29, 0.717) is 12.0 Å². The van der Waals surface area contributed by atoms with Crippen LogP contribution in [0, 0.1) is 11.8 Å². The Hall–Kier alpha value is -1.13. The van der Waals surface area contributed by atoms with Gasteiger partial charge in [-0.3, -0.25) is 0 Å². The molecule has 0 aliphatic heterocycles. The van der Waals surface area contributed by atoms with E-state index in [1.165, 1.54) is 6.42 Å². The van der Waals surface area contributed by atoms with E-state index in [1.54, 1.807) is 4.68 Å². The molecule has 0 aromatic carbocycles. The summed E-state index contributed by atoms with van der Waals surface area (Å²) in [6.45, 7) is 4.60. The molecule has 1 aliphatic carbocycles. The molecule has 1 fully saturated rings. The summed E-state index contributed by atoms with van der Waals surface area (Å²) in [7, 11) is 0. The lowest BCUT2D eigenvalue weighted by Gasteiger charge is -2.31. The number of nitrogens with two attached hydrogens (primary N) is 1. The average molecular weight is 195 g/mol. The largest absolute Gasteiger partial charge is 0.367 e. The van der Waals surface area contributed by atoms with Gasteiger partial charge in [0, 0.05) is 0 Å². The van der Waals surface area contributed by atoms with Crippen molar-refractivity contribution in [1.29, 1.82) is 0 Å². The summed E-state index contributed by atoms with van der Waals surface area (Å²) in [6, 6.07) is 0.399. The maximum Gasteiger partial charge on any atom is 0.240 e. The van der Waals surface area contributed by atoms with Crippen LogP contribution in [-0.2, 0) is 0 Å². The van der Waals surface area contributed by atoms with Crippen molar-refractivity contribution >= 4 is 5.95 Å². The summed E-state index contributed by atoms with van der Waals surface area (Å²) in [6.07, 6.45) is 3.52. The Morgan fingerprint density at radius 2 is 2.07 bits per heavy atom. The minimum atomic E-state index is 0.399. The predicted molar refractivity (Wildman–Crippen MR) is 53.4 cm³/mol. The first kappa shape index (κ1) is 9.43. The van der Waals surface area contributed by atoms with Gasteiger partial charge in [-0.2, -0.15) is 0 Å². The highest BCUT2D eigenvalue weighted by atomic mass is 15.6. The van der Waals surface area contributed by atoms with Gasteiger partial charge in [-0.15, -0.1) is 0 Å². The number of anilines is 1. The highest BCUT2D eigenvalue weighted by Crippen LogP contribution is 2.36. The molecule has 0 saturated heterocycles. The average Bonchev–Trinajstić information content (AvgIpc) is 2.57. The zero-order chi connectivity index (χ0) is 10.1. The van der Waals surface area contributed by atoms with Crippen LogP contribution < -0.4 is 5.73 Å². The first-order valence-corrected chi connectivity index (χ1v) is 5.22. The Morgan fingerprint density at radius 3 is 2.64 bits per heavy atom. The second kappa shape index (κ2) is 3.55. The molecule has 2 N–H and O–H groups in total. The van der Waals surface area contributed by atoms with Crippen LogP contribution in [0.5, 0.6) is 0 Å². The van der Waals surface area contributed by atoms with Gasteiger partial charge in [0.05, 0.1) is 6.04 Å². The highest BCUT2D eigenvalue weighted by Gasteiger charge is 2.27. The molecule has 1 heterocycles. The quantitative estimate of drug-likeness (QED) is 0.732. The lowest BCUT2D eigenvalue weighted by Crippen LogP contribution is -2.25. The van der Waals surface area contributed by atoms with Crippen LogP contribution in [0.15, 0.2) is 0 Å². The zero-order valence-corrected chi connectivity index (χ0v) is 8.72. The molecule has 1 aromatic rings. The SMILES string of the molecule is CC1CCC(n2nnnc2N)CC1C. The molecule has 3 atom stereocenters. The molecule has 0 radical (unpaired) electrons. The minimum Gasteiger partial charge on any atom is -0.367 e. The van der Waals surface area contributed by atoms with Gasteiger partial charge < -0.3 is 5.73 Å². The van der Waals surface area contributed by atoms with E-state index in [4.69, 9.17) is 5.73 Å². The first-order valence-electron chi connectivity index (χ1n) is 5.22. The van der Waals surface area contributed by atoms with E-state index < -0.39 is 0 Å². The molecule has 0 spiro atoms. The Kier molecular flexibility index (Phi) is 2.39. The third kappa shape index (κ3) is 1.58. The Bertz CT molecular complexity index is 308. The topological polar surface area (TPSA) is 69.6 Å². The highest BCUT2D eigenvalue weighted by molar-refractivity contribution is 5.11. The standard InChI is InChI=1S/C9H17N5/c1-6-3-4-8(5-7(6)2)14-9(10)11-12-13-14/h6-8H,3-5H2,1-2H3,(H2,10,11,13). The number of nitrogens with zero attached hydrogens (tertiary/aromatic N) is 4. The van der Waals surface area contributed by atoms with Gasteiger partial charge in [0.25, 0.3) is 0 Å². The molecule has 0 bridgehead atoms. The van der Waals surface area contributed by atoms with Crippen molar-refractivity contribution in [1.82, 2.24) is 20.2 Å². The van der Waals surface area contributed by atoms with E-state index in [0.717, 1.165) is 24.7 Å². The van der Waals surface area contributed by atoms with Crippen molar-refractivity contribution in [2.75, 3.05) is 5.73 Å². The summed E-state index contributed by atoms with van der Waals surface area (Å²) in [4.78, 5) is 0. The van der Waals surface area contributed by atoms with E-state index in [2.05, 4.69) is 29.4 Å². The van der Waals surface area contributed by atoms with Crippen molar-refractivity contribution in [3.8, 4) is 0 Å². The number of tetrazole rings is 1. The summed E-state index contributed by atoms with van der Waals surface area (Å²) in [5.74, 6) is 1.98. The zero-order valence-electron chi connectivity index (χ0n) is 8.72.